The van der Waals surface area contributed by atoms with Gasteiger partial charge in [0.2, 0.25) is 5.91 Å². The number of amides is 1. The molecule has 2 aromatic rings. The Balaban J connectivity index is 1.77. The summed E-state index contributed by atoms with van der Waals surface area (Å²) < 4.78 is 5.83. The molecule has 0 aromatic heterocycles. The van der Waals surface area contributed by atoms with Crippen LogP contribution in [0.5, 0.6) is 5.75 Å². The van der Waals surface area contributed by atoms with E-state index in [1.165, 1.54) is 4.90 Å². The molecular weight excluding hydrogens is 354 g/mol. The Morgan fingerprint density at radius 3 is 2.29 bits per heavy atom. The number of hydrogen-bond acceptors (Lipinski definition) is 4. The van der Waals surface area contributed by atoms with Crippen LogP contribution >= 0.6 is 0 Å². The average molecular weight is 383 g/mol. The van der Waals surface area contributed by atoms with Crippen molar-refractivity contribution in [2.24, 2.45) is 0 Å². The van der Waals surface area contributed by atoms with E-state index >= 15 is 0 Å². The summed E-state index contributed by atoms with van der Waals surface area (Å²) in [7, 11) is 3.40. The van der Waals surface area contributed by atoms with Crippen LogP contribution in [0.2, 0.25) is 0 Å². The quantitative estimate of drug-likeness (QED) is 0.804. The number of carbonyl (C=O) groups is 1. The van der Waals surface area contributed by atoms with Crippen LogP contribution < -0.4 is 4.74 Å². The standard InChI is InChI=1S/C23H29NO4/c1-24(2)22(26)21(23(27)14-12-19(25)13-15-23)18-8-10-20(11-9-18)28-16-17-6-4-3-5-7-17/h3-11,19,21,25,27H,12-16H2,1-2H3. The van der Waals surface area contributed by atoms with E-state index in [1.807, 2.05) is 54.6 Å². The Hall–Kier alpha value is -2.37. The molecule has 3 rings (SSSR count). The van der Waals surface area contributed by atoms with Crippen molar-refractivity contribution in [1.82, 2.24) is 4.90 Å². The molecule has 0 aliphatic heterocycles. The minimum Gasteiger partial charge on any atom is -0.489 e. The Morgan fingerprint density at radius 2 is 1.71 bits per heavy atom. The third-order valence-corrected chi connectivity index (χ3v) is 5.51. The molecule has 5 nitrogen and oxygen atoms in total. The number of ether oxygens (including phenoxy) is 1. The molecule has 1 amide bonds. The lowest BCUT2D eigenvalue weighted by Gasteiger charge is -2.41. The van der Waals surface area contributed by atoms with Gasteiger partial charge >= 0.3 is 0 Å². The van der Waals surface area contributed by atoms with E-state index in [1.54, 1.807) is 14.1 Å². The molecule has 1 unspecified atom stereocenters. The second kappa shape index (κ2) is 8.76. The average Bonchev–Trinajstić information content (AvgIpc) is 2.70. The Kier molecular flexibility index (Phi) is 6.37. The maximum Gasteiger partial charge on any atom is 0.232 e. The molecule has 1 atom stereocenters. The van der Waals surface area contributed by atoms with Crippen LogP contribution in [0.3, 0.4) is 0 Å². The predicted molar refractivity (Wildman–Crippen MR) is 108 cm³/mol. The molecule has 2 N–H and O–H groups in total. The van der Waals surface area contributed by atoms with Crippen molar-refractivity contribution in [2.45, 2.75) is 49.9 Å². The van der Waals surface area contributed by atoms with Gasteiger partial charge in [-0.25, -0.2) is 0 Å². The third-order valence-electron chi connectivity index (χ3n) is 5.51. The first-order valence-electron chi connectivity index (χ1n) is 9.77. The lowest BCUT2D eigenvalue weighted by Crippen LogP contribution is -2.47. The van der Waals surface area contributed by atoms with Crippen LogP contribution in [0.1, 0.15) is 42.7 Å². The van der Waals surface area contributed by atoms with E-state index in [9.17, 15) is 15.0 Å². The van der Waals surface area contributed by atoms with Gasteiger partial charge in [0, 0.05) is 14.1 Å². The maximum absolute atomic E-state index is 12.9. The molecule has 1 saturated carbocycles. The van der Waals surface area contributed by atoms with Crippen molar-refractivity contribution < 1.29 is 19.7 Å². The number of aliphatic hydroxyl groups is 2. The lowest BCUT2D eigenvalue weighted by molar-refractivity contribution is -0.140. The summed E-state index contributed by atoms with van der Waals surface area (Å²) in [5, 5.41) is 21.1. The minimum absolute atomic E-state index is 0.128. The first-order valence-corrected chi connectivity index (χ1v) is 9.77. The lowest BCUT2D eigenvalue weighted by atomic mass is 9.71. The summed E-state index contributed by atoms with van der Waals surface area (Å²) in [6.07, 6.45) is 1.43. The molecule has 1 aliphatic carbocycles. The van der Waals surface area contributed by atoms with Gasteiger partial charge in [0.25, 0.3) is 0 Å². The predicted octanol–water partition coefficient (Wildman–Crippen LogP) is 3.10. The number of hydrogen-bond donors (Lipinski definition) is 2. The zero-order chi connectivity index (χ0) is 20.1. The van der Waals surface area contributed by atoms with Crippen molar-refractivity contribution in [3.8, 4) is 5.75 Å². The molecule has 0 spiro atoms. The highest BCUT2D eigenvalue weighted by molar-refractivity contribution is 5.84. The van der Waals surface area contributed by atoms with Crippen molar-refractivity contribution in [3.63, 3.8) is 0 Å². The minimum atomic E-state index is -1.15. The van der Waals surface area contributed by atoms with Crippen LogP contribution in [0.25, 0.3) is 0 Å². The summed E-state index contributed by atoms with van der Waals surface area (Å²) in [5.74, 6) is -0.0651. The summed E-state index contributed by atoms with van der Waals surface area (Å²) in [6, 6.07) is 17.3. The summed E-state index contributed by atoms with van der Waals surface area (Å²) in [5.41, 5.74) is 0.708. The van der Waals surface area contributed by atoms with E-state index in [4.69, 9.17) is 4.74 Å². The maximum atomic E-state index is 12.9. The number of nitrogens with zero attached hydrogens (tertiary/aromatic N) is 1. The van der Waals surface area contributed by atoms with E-state index in [0.29, 0.717) is 32.3 Å². The molecule has 0 heterocycles. The highest BCUT2D eigenvalue weighted by atomic mass is 16.5. The Bertz CT molecular complexity index is 765. The largest absolute Gasteiger partial charge is 0.489 e. The number of likely N-dealkylation sites (N-methyl/N-ethyl adjacent to an activating group) is 1. The van der Waals surface area contributed by atoms with Gasteiger partial charge in [-0.2, -0.15) is 0 Å². The number of aliphatic hydroxyl groups excluding tert-OH is 1. The van der Waals surface area contributed by atoms with Crippen molar-refractivity contribution in [2.75, 3.05) is 14.1 Å². The number of benzene rings is 2. The van der Waals surface area contributed by atoms with Crippen LogP contribution in [-0.2, 0) is 11.4 Å². The van der Waals surface area contributed by atoms with E-state index in [-0.39, 0.29) is 5.91 Å². The van der Waals surface area contributed by atoms with Gasteiger partial charge in [0.05, 0.1) is 17.6 Å². The van der Waals surface area contributed by atoms with Gasteiger partial charge in [-0.15, -0.1) is 0 Å². The fourth-order valence-electron chi connectivity index (χ4n) is 3.83. The molecule has 0 radical (unpaired) electrons. The van der Waals surface area contributed by atoms with Gasteiger partial charge in [0.1, 0.15) is 12.4 Å². The molecule has 1 fully saturated rings. The normalized spacial score (nSPS) is 23.1. The van der Waals surface area contributed by atoms with Gasteiger partial charge in [-0.05, 0) is 48.9 Å². The topological polar surface area (TPSA) is 70.0 Å². The SMILES string of the molecule is CN(C)C(=O)C(c1ccc(OCc2ccccc2)cc1)C1(O)CCC(O)CC1. The highest BCUT2D eigenvalue weighted by Gasteiger charge is 2.45. The molecule has 0 bridgehead atoms. The van der Waals surface area contributed by atoms with E-state index < -0.39 is 17.6 Å². The molecule has 150 valence electrons. The monoisotopic (exact) mass is 383 g/mol. The van der Waals surface area contributed by atoms with Crippen LogP contribution in [0.4, 0.5) is 0 Å². The zero-order valence-electron chi connectivity index (χ0n) is 16.5. The first-order chi connectivity index (χ1) is 13.4. The molecule has 2 aromatic carbocycles. The molecule has 0 saturated heterocycles. The molecular formula is C23H29NO4. The smallest absolute Gasteiger partial charge is 0.232 e. The summed E-state index contributed by atoms with van der Waals surface area (Å²) >= 11 is 0. The fraction of sp³-hybridized carbons (Fsp3) is 0.435. The molecule has 1 aliphatic rings. The van der Waals surface area contributed by atoms with E-state index in [2.05, 4.69) is 0 Å². The van der Waals surface area contributed by atoms with Crippen molar-refractivity contribution >= 4 is 5.91 Å². The zero-order valence-corrected chi connectivity index (χ0v) is 16.5. The Labute approximate surface area is 166 Å². The second-order valence-electron chi connectivity index (χ2n) is 7.84. The van der Waals surface area contributed by atoms with Crippen LogP contribution in [-0.4, -0.2) is 46.8 Å². The van der Waals surface area contributed by atoms with Gasteiger partial charge in [-0.1, -0.05) is 42.5 Å². The molecule has 28 heavy (non-hydrogen) atoms. The van der Waals surface area contributed by atoms with Crippen molar-refractivity contribution in [3.05, 3.63) is 65.7 Å². The third kappa shape index (κ3) is 4.72. The first kappa shape index (κ1) is 20.4. The van der Waals surface area contributed by atoms with Gasteiger partial charge in [-0.3, -0.25) is 4.79 Å². The molecule has 5 heteroatoms. The Morgan fingerprint density at radius 1 is 1.11 bits per heavy atom. The van der Waals surface area contributed by atoms with E-state index in [0.717, 1.165) is 16.9 Å². The summed E-state index contributed by atoms with van der Waals surface area (Å²) in [4.78, 5) is 14.4. The van der Waals surface area contributed by atoms with Crippen LogP contribution in [0, 0.1) is 0 Å². The van der Waals surface area contributed by atoms with Crippen molar-refractivity contribution in [1.29, 1.82) is 0 Å². The number of rotatable bonds is 6. The van der Waals surface area contributed by atoms with Gasteiger partial charge in [0.15, 0.2) is 0 Å². The number of carbonyl (C=O) groups excluding carboxylic acids is 1. The second-order valence-corrected chi connectivity index (χ2v) is 7.84. The van der Waals surface area contributed by atoms with Gasteiger partial charge < -0.3 is 19.8 Å². The fourth-order valence-corrected chi connectivity index (χ4v) is 3.83. The summed E-state index contributed by atoms with van der Waals surface area (Å²) in [6.45, 7) is 0.474. The van der Waals surface area contributed by atoms with Crippen LogP contribution in [0.15, 0.2) is 54.6 Å². The highest BCUT2D eigenvalue weighted by Crippen LogP contribution is 2.41.